The molecular weight excluding hydrogens is 209 g/mol. The summed E-state index contributed by atoms with van der Waals surface area (Å²) in [7, 11) is 0. The van der Waals surface area contributed by atoms with Crippen LogP contribution in [0.4, 0.5) is 0 Å². The number of halogens is 2. The van der Waals surface area contributed by atoms with Crippen molar-refractivity contribution in [2.75, 3.05) is 13.1 Å². The topological polar surface area (TPSA) is 37.8 Å². The lowest BCUT2D eigenvalue weighted by atomic mass is 10.1. The van der Waals surface area contributed by atoms with Gasteiger partial charge in [-0.25, -0.2) is 9.97 Å². The molecule has 1 aromatic rings. The first-order chi connectivity index (χ1) is 5.88. The molecule has 1 N–H and O–H groups in total. The molecule has 13 heavy (non-hydrogen) atoms. The van der Waals surface area contributed by atoms with Crippen LogP contribution in [0, 0.1) is 0 Å². The maximum Gasteiger partial charge on any atom is 0.135 e. The molecule has 1 aromatic heterocycles. The fourth-order valence-corrected chi connectivity index (χ4v) is 1.68. The second-order valence-electron chi connectivity index (χ2n) is 2.84. The molecule has 72 valence electrons. The summed E-state index contributed by atoms with van der Waals surface area (Å²) in [6.45, 7) is 1.96. The van der Waals surface area contributed by atoms with Gasteiger partial charge in [0.1, 0.15) is 11.5 Å². The van der Waals surface area contributed by atoms with Crippen LogP contribution in [0.3, 0.4) is 0 Å². The lowest BCUT2D eigenvalue weighted by Gasteiger charge is -2.03. The monoisotopic (exact) mass is 219 g/mol. The predicted molar refractivity (Wildman–Crippen MR) is 54.6 cm³/mol. The Balaban J connectivity index is 0.000000845. The first-order valence-electron chi connectivity index (χ1n) is 4.07. The molecule has 0 aromatic carbocycles. The third-order valence-corrected chi connectivity index (χ3v) is 2.40. The van der Waals surface area contributed by atoms with Gasteiger partial charge in [0.05, 0.1) is 0 Å². The summed E-state index contributed by atoms with van der Waals surface area (Å²) in [5.41, 5.74) is 2.21. The zero-order chi connectivity index (χ0) is 8.39. The molecule has 0 saturated heterocycles. The van der Waals surface area contributed by atoms with Crippen molar-refractivity contribution >= 4 is 24.0 Å². The van der Waals surface area contributed by atoms with Gasteiger partial charge in [-0.3, -0.25) is 0 Å². The number of hydrogen-bond donors (Lipinski definition) is 1. The molecule has 0 saturated carbocycles. The van der Waals surface area contributed by atoms with E-state index in [2.05, 4.69) is 15.3 Å². The summed E-state index contributed by atoms with van der Waals surface area (Å²) in [6.07, 6.45) is 3.43. The van der Waals surface area contributed by atoms with Gasteiger partial charge in [-0.2, -0.15) is 0 Å². The number of nitrogens with zero attached hydrogens (tertiary/aromatic N) is 2. The zero-order valence-electron chi connectivity index (χ0n) is 7.09. The Bertz CT molecular complexity index is 291. The number of hydrogen-bond acceptors (Lipinski definition) is 3. The molecule has 2 rings (SSSR count). The molecule has 0 spiro atoms. The number of rotatable bonds is 0. The van der Waals surface area contributed by atoms with Gasteiger partial charge in [0.25, 0.3) is 0 Å². The molecule has 0 amide bonds. The summed E-state index contributed by atoms with van der Waals surface area (Å²) in [5, 5.41) is 3.91. The Morgan fingerprint density at radius 1 is 1.23 bits per heavy atom. The highest BCUT2D eigenvalue weighted by atomic mass is 35.5. The Labute approximate surface area is 88.3 Å². The van der Waals surface area contributed by atoms with E-state index >= 15 is 0 Å². The fraction of sp³-hybridized carbons (Fsp3) is 0.500. The van der Waals surface area contributed by atoms with Crippen molar-refractivity contribution in [3.05, 3.63) is 22.7 Å². The van der Waals surface area contributed by atoms with Gasteiger partial charge >= 0.3 is 0 Å². The van der Waals surface area contributed by atoms with Crippen LogP contribution in [0.2, 0.25) is 5.15 Å². The van der Waals surface area contributed by atoms with Crippen molar-refractivity contribution in [2.45, 2.75) is 12.8 Å². The highest BCUT2D eigenvalue weighted by Gasteiger charge is 2.11. The van der Waals surface area contributed by atoms with Crippen molar-refractivity contribution in [1.29, 1.82) is 0 Å². The van der Waals surface area contributed by atoms with Gasteiger partial charge in [-0.05, 0) is 13.0 Å². The van der Waals surface area contributed by atoms with Crippen LogP contribution in [0.5, 0.6) is 0 Å². The molecule has 2 heterocycles. The van der Waals surface area contributed by atoms with E-state index in [0.29, 0.717) is 5.15 Å². The van der Waals surface area contributed by atoms with Crippen molar-refractivity contribution in [3.63, 3.8) is 0 Å². The normalized spacial score (nSPS) is 15.5. The van der Waals surface area contributed by atoms with E-state index in [-0.39, 0.29) is 12.4 Å². The minimum atomic E-state index is 0. The molecule has 0 aliphatic carbocycles. The summed E-state index contributed by atoms with van der Waals surface area (Å²) in [6, 6.07) is 0. The van der Waals surface area contributed by atoms with Gasteiger partial charge in [0, 0.05) is 24.2 Å². The highest BCUT2D eigenvalue weighted by Crippen LogP contribution is 2.17. The molecule has 1 aliphatic rings. The number of fused-ring (bicyclic) bond motifs is 1. The van der Waals surface area contributed by atoms with Crippen LogP contribution >= 0.6 is 24.0 Å². The van der Waals surface area contributed by atoms with Crippen LogP contribution in [-0.4, -0.2) is 23.1 Å². The van der Waals surface area contributed by atoms with E-state index in [9.17, 15) is 0 Å². The van der Waals surface area contributed by atoms with Crippen LogP contribution in [-0.2, 0) is 12.8 Å². The van der Waals surface area contributed by atoms with Crippen LogP contribution in [0.1, 0.15) is 11.3 Å². The first kappa shape index (κ1) is 10.7. The van der Waals surface area contributed by atoms with E-state index in [1.165, 1.54) is 6.33 Å². The first-order valence-corrected chi connectivity index (χ1v) is 4.44. The number of nitrogens with one attached hydrogen (secondary N) is 1. The second-order valence-corrected chi connectivity index (χ2v) is 3.20. The Morgan fingerprint density at radius 2 is 2.00 bits per heavy atom. The van der Waals surface area contributed by atoms with Crippen molar-refractivity contribution in [2.24, 2.45) is 0 Å². The third-order valence-electron chi connectivity index (χ3n) is 2.07. The Kier molecular flexibility index (Phi) is 3.90. The maximum atomic E-state index is 5.94. The van der Waals surface area contributed by atoms with E-state index < -0.39 is 0 Å². The standard InChI is InChI=1S/C8H10ClN3.ClH/c9-8-6-1-3-10-4-2-7(6)11-5-12-8;/h5,10H,1-4H2;1H. The number of aromatic nitrogens is 2. The minimum Gasteiger partial charge on any atom is -0.316 e. The average molecular weight is 220 g/mol. The van der Waals surface area contributed by atoms with Gasteiger partial charge in [0.2, 0.25) is 0 Å². The van der Waals surface area contributed by atoms with Crippen LogP contribution in [0.15, 0.2) is 6.33 Å². The second kappa shape index (κ2) is 4.74. The van der Waals surface area contributed by atoms with E-state index in [0.717, 1.165) is 37.2 Å². The molecule has 3 nitrogen and oxygen atoms in total. The van der Waals surface area contributed by atoms with E-state index in [4.69, 9.17) is 11.6 Å². The van der Waals surface area contributed by atoms with Gasteiger partial charge in [-0.15, -0.1) is 12.4 Å². The minimum absolute atomic E-state index is 0. The molecule has 1 aliphatic heterocycles. The third kappa shape index (κ3) is 2.30. The highest BCUT2D eigenvalue weighted by molar-refractivity contribution is 6.30. The molecule has 0 bridgehead atoms. The van der Waals surface area contributed by atoms with Gasteiger partial charge in [0.15, 0.2) is 0 Å². The smallest absolute Gasteiger partial charge is 0.135 e. The maximum absolute atomic E-state index is 5.94. The Hall–Kier alpha value is -0.380. The largest absolute Gasteiger partial charge is 0.316 e. The van der Waals surface area contributed by atoms with Crippen LogP contribution < -0.4 is 5.32 Å². The summed E-state index contributed by atoms with van der Waals surface area (Å²) >= 11 is 5.94. The Morgan fingerprint density at radius 3 is 2.85 bits per heavy atom. The predicted octanol–water partition coefficient (Wildman–Crippen LogP) is 1.24. The molecule has 0 radical (unpaired) electrons. The zero-order valence-corrected chi connectivity index (χ0v) is 8.66. The quantitative estimate of drug-likeness (QED) is 0.668. The van der Waals surface area contributed by atoms with E-state index in [1.807, 2.05) is 0 Å². The molecule has 5 heteroatoms. The fourth-order valence-electron chi connectivity index (χ4n) is 1.43. The summed E-state index contributed by atoms with van der Waals surface area (Å²) in [5.74, 6) is 0. The van der Waals surface area contributed by atoms with Crippen molar-refractivity contribution in [1.82, 2.24) is 15.3 Å². The van der Waals surface area contributed by atoms with E-state index in [1.54, 1.807) is 0 Å². The SMILES string of the molecule is Cl.Clc1ncnc2c1CCNCC2. The molecule has 0 atom stereocenters. The summed E-state index contributed by atoms with van der Waals surface area (Å²) < 4.78 is 0. The molecule has 0 fully saturated rings. The lowest BCUT2D eigenvalue weighted by Crippen LogP contribution is -2.16. The van der Waals surface area contributed by atoms with Crippen molar-refractivity contribution in [3.8, 4) is 0 Å². The molecular formula is C8H11Cl2N3. The lowest BCUT2D eigenvalue weighted by molar-refractivity contribution is 0.708. The van der Waals surface area contributed by atoms with Gasteiger partial charge in [-0.1, -0.05) is 11.6 Å². The van der Waals surface area contributed by atoms with Crippen molar-refractivity contribution < 1.29 is 0 Å². The molecule has 0 unspecified atom stereocenters. The average Bonchev–Trinajstić information content (AvgIpc) is 2.30. The van der Waals surface area contributed by atoms with Gasteiger partial charge < -0.3 is 5.32 Å². The van der Waals surface area contributed by atoms with Crippen LogP contribution in [0.25, 0.3) is 0 Å². The summed E-state index contributed by atoms with van der Waals surface area (Å²) in [4.78, 5) is 8.17.